The second-order valence-corrected chi connectivity index (χ2v) is 9.43. The molecular weight excluding hydrogens is 492 g/mol. The number of aliphatic carboxylic acids is 2. The highest BCUT2D eigenvalue weighted by molar-refractivity contribution is 5.87. The molecule has 0 aliphatic heterocycles. The van der Waals surface area contributed by atoms with Gasteiger partial charge in [-0.25, -0.2) is 9.59 Å². The molecule has 0 radical (unpaired) electrons. The van der Waals surface area contributed by atoms with Crippen molar-refractivity contribution in [3.8, 4) is 0 Å². The predicted octanol–water partition coefficient (Wildman–Crippen LogP) is -0.0771. The van der Waals surface area contributed by atoms with Gasteiger partial charge in [-0.3, -0.25) is 9.59 Å². The maximum Gasteiger partial charge on any atom is 0.326 e. The maximum absolute atomic E-state index is 12.0. The van der Waals surface area contributed by atoms with Crippen LogP contribution in [-0.4, -0.2) is 71.2 Å². The van der Waals surface area contributed by atoms with E-state index in [0.717, 1.165) is 18.4 Å². The van der Waals surface area contributed by atoms with Gasteiger partial charge in [0.2, 0.25) is 11.8 Å². The third kappa shape index (κ3) is 15.3. The van der Waals surface area contributed by atoms with Gasteiger partial charge >= 0.3 is 11.9 Å². The number of carbonyl (C=O) groups is 4. The molecule has 0 bridgehead atoms. The molecule has 0 saturated carbocycles. The van der Waals surface area contributed by atoms with Gasteiger partial charge in [-0.1, -0.05) is 44.2 Å². The normalized spacial score (nSPS) is 13.9. The van der Waals surface area contributed by atoms with Gasteiger partial charge < -0.3 is 43.8 Å². The van der Waals surface area contributed by atoms with E-state index in [2.05, 4.69) is 10.6 Å². The molecule has 1 rings (SSSR count). The van der Waals surface area contributed by atoms with Crippen LogP contribution in [0.15, 0.2) is 30.3 Å². The Balaban J connectivity index is 0.000000739. The summed E-state index contributed by atoms with van der Waals surface area (Å²) in [4.78, 5) is 45.6. The van der Waals surface area contributed by atoms with Crippen molar-refractivity contribution in [3.63, 3.8) is 0 Å². The van der Waals surface area contributed by atoms with Crippen molar-refractivity contribution in [2.45, 2.75) is 83.0 Å². The van der Waals surface area contributed by atoms with Gasteiger partial charge in [0.25, 0.3) is 0 Å². The van der Waals surface area contributed by atoms with Crippen LogP contribution in [0.5, 0.6) is 0 Å². The summed E-state index contributed by atoms with van der Waals surface area (Å²) >= 11 is 0. The lowest BCUT2D eigenvalue weighted by molar-refractivity contribution is -0.142. The van der Waals surface area contributed by atoms with Gasteiger partial charge in [-0.05, 0) is 69.5 Å². The number of nitrogens with two attached hydrogens (primary N) is 4. The molecule has 12 heteroatoms. The van der Waals surface area contributed by atoms with Crippen LogP contribution in [-0.2, 0) is 25.6 Å². The Hall–Kier alpha value is -3.06. The van der Waals surface area contributed by atoms with Crippen LogP contribution in [0.25, 0.3) is 0 Å². The minimum absolute atomic E-state index is 0.0199. The van der Waals surface area contributed by atoms with Crippen molar-refractivity contribution in [1.82, 2.24) is 10.6 Å². The number of hydrogen-bond donors (Lipinski definition) is 8. The second kappa shape index (κ2) is 20.0. The number of hydrogen-bond acceptors (Lipinski definition) is 8. The summed E-state index contributed by atoms with van der Waals surface area (Å²) in [6.45, 7) is 4.66. The van der Waals surface area contributed by atoms with E-state index in [4.69, 9.17) is 33.1 Å². The Morgan fingerprint density at radius 3 is 1.61 bits per heavy atom. The summed E-state index contributed by atoms with van der Waals surface area (Å²) < 4.78 is 0. The van der Waals surface area contributed by atoms with Gasteiger partial charge in [0.1, 0.15) is 12.1 Å². The summed E-state index contributed by atoms with van der Waals surface area (Å²) in [6, 6.07) is 6.15. The molecule has 0 aliphatic rings. The molecule has 0 heterocycles. The van der Waals surface area contributed by atoms with E-state index >= 15 is 0 Å². The zero-order valence-corrected chi connectivity index (χ0v) is 22.5. The average molecular weight is 539 g/mol. The van der Waals surface area contributed by atoms with Crippen molar-refractivity contribution in [2.24, 2.45) is 28.9 Å². The van der Waals surface area contributed by atoms with Crippen molar-refractivity contribution in [3.05, 3.63) is 35.9 Å². The first kappa shape index (κ1) is 34.9. The molecule has 0 aliphatic carbocycles. The number of carbonyl (C=O) groups excluding carboxylic acids is 2. The standard InChI is InChI=1S/C15H23N3O3.C11H23N3O3/c16-9-5-4-8-13(15(20)21)18-14(19)12(17)10-11-6-2-1-3-7-11;1-7(2)9(13)10(15)14-8(11(16)17)5-3-4-6-12/h1-3,6-7,12-13H,4-5,8-10,16-17H2,(H,18,19)(H,20,21);7-9H,3-6,12-13H2,1-2H3,(H,14,15)(H,16,17)/t12-,13-;8-,9-/m00/s1. The lowest BCUT2D eigenvalue weighted by Crippen LogP contribution is -2.50. The van der Waals surface area contributed by atoms with Crippen LogP contribution in [0.4, 0.5) is 0 Å². The van der Waals surface area contributed by atoms with Gasteiger partial charge in [-0.15, -0.1) is 0 Å². The fourth-order valence-corrected chi connectivity index (χ4v) is 3.31. The van der Waals surface area contributed by atoms with Gasteiger partial charge in [0.15, 0.2) is 0 Å². The molecule has 0 spiro atoms. The Morgan fingerprint density at radius 1 is 0.763 bits per heavy atom. The quantitative estimate of drug-likeness (QED) is 0.123. The van der Waals surface area contributed by atoms with Crippen molar-refractivity contribution < 1.29 is 29.4 Å². The second-order valence-electron chi connectivity index (χ2n) is 9.43. The molecule has 12 N–H and O–H groups in total. The van der Waals surface area contributed by atoms with Crippen molar-refractivity contribution in [2.75, 3.05) is 13.1 Å². The topological polar surface area (TPSA) is 237 Å². The number of carboxylic acid groups (broad SMARTS) is 2. The van der Waals surface area contributed by atoms with Crippen LogP contribution < -0.4 is 33.6 Å². The van der Waals surface area contributed by atoms with E-state index in [9.17, 15) is 19.2 Å². The van der Waals surface area contributed by atoms with E-state index < -0.39 is 47.9 Å². The summed E-state index contributed by atoms with van der Waals surface area (Å²) in [7, 11) is 0. The molecule has 0 saturated heterocycles. The average Bonchev–Trinajstić information content (AvgIpc) is 2.87. The number of nitrogens with one attached hydrogen (secondary N) is 2. The summed E-state index contributed by atoms with van der Waals surface area (Å²) in [6.07, 6.45) is 3.92. The molecule has 0 fully saturated rings. The first-order valence-electron chi connectivity index (χ1n) is 13.0. The molecule has 216 valence electrons. The molecule has 2 amide bonds. The van der Waals surface area contributed by atoms with E-state index in [1.807, 2.05) is 44.2 Å². The fraction of sp³-hybridized carbons (Fsp3) is 0.615. The molecule has 0 unspecified atom stereocenters. The Kier molecular flexibility index (Phi) is 18.4. The molecule has 38 heavy (non-hydrogen) atoms. The lowest BCUT2D eigenvalue weighted by atomic mass is 10.0. The first-order valence-corrected chi connectivity index (χ1v) is 13.0. The summed E-state index contributed by atoms with van der Waals surface area (Å²) in [5.74, 6) is -2.97. The smallest absolute Gasteiger partial charge is 0.326 e. The lowest BCUT2D eigenvalue weighted by Gasteiger charge is -2.19. The zero-order valence-electron chi connectivity index (χ0n) is 22.5. The SMILES string of the molecule is CC(C)[C@H](N)C(=O)N[C@@H](CCCCN)C(=O)O.NCCCC[C@H](NC(=O)[C@@H](N)Cc1ccccc1)C(=O)O. The van der Waals surface area contributed by atoms with Crippen LogP contribution >= 0.6 is 0 Å². The highest BCUT2D eigenvalue weighted by Crippen LogP contribution is 2.05. The van der Waals surface area contributed by atoms with Gasteiger partial charge in [0, 0.05) is 0 Å². The Bertz CT molecular complexity index is 839. The van der Waals surface area contributed by atoms with E-state index in [-0.39, 0.29) is 5.92 Å². The van der Waals surface area contributed by atoms with Gasteiger partial charge in [0.05, 0.1) is 12.1 Å². The van der Waals surface area contributed by atoms with E-state index in [1.165, 1.54) is 0 Å². The Labute approximate surface area is 224 Å². The van der Waals surface area contributed by atoms with Crippen LogP contribution in [0.2, 0.25) is 0 Å². The fourth-order valence-electron chi connectivity index (χ4n) is 3.31. The van der Waals surface area contributed by atoms with Crippen LogP contribution in [0, 0.1) is 5.92 Å². The Morgan fingerprint density at radius 2 is 1.21 bits per heavy atom. The molecule has 1 aromatic carbocycles. The number of unbranched alkanes of at least 4 members (excludes halogenated alkanes) is 2. The minimum atomic E-state index is -1.05. The molecule has 1 aromatic rings. The van der Waals surface area contributed by atoms with Gasteiger partial charge in [-0.2, -0.15) is 0 Å². The number of rotatable bonds is 17. The summed E-state index contributed by atoms with van der Waals surface area (Å²) in [5.41, 5.74) is 23.1. The monoisotopic (exact) mass is 538 g/mol. The molecular formula is C26H46N6O6. The van der Waals surface area contributed by atoms with E-state index in [1.54, 1.807) is 0 Å². The highest BCUT2D eigenvalue weighted by Gasteiger charge is 2.24. The largest absolute Gasteiger partial charge is 0.480 e. The molecule has 4 atom stereocenters. The number of carboxylic acids is 2. The van der Waals surface area contributed by atoms with Crippen LogP contribution in [0.1, 0.15) is 57.9 Å². The van der Waals surface area contributed by atoms with Crippen LogP contribution in [0.3, 0.4) is 0 Å². The zero-order chi connectivity index (χ0) is 29.1. The number of amides is 2. The molecule has 0 aromatic heterocycles. The van der Waals surface area contributed by atoms with Crippen molar-refractivity contribution in [1.29, 1.82) is 0 Å². The number of benzene rings is 1. The molecule has 12 nitrogen and oxygen atoms in total. The maximum atomic E-state index is 12.0. The third-order valence-corrected chi connectivity index (χ3v) is 5.78. The minimum Gasteiger partial charge on any atom is -0.480 e. The summed E-state index contributed by atoms with van der Waals surface area (Å²) in [5, 5.41) is 23.0. The first-order chi connectivity index (χ1) is 17.9. The van der Waals surface area contributed by atoms with E-state index in [0.29, 0.717) is 45.2 Å². The van der Waals surface area contributed by atoms with Crippen molar-refractivity contribution >= 4 is 23.8 Å². The third-order valence-electron chi connectivity index (χ3n) is 5.78. The highest BCUT2D eigenvalue weighted by atomic mass is 16.4. The predicted molar refractivity (Wildman–Crippen MR) is 146 cm³/mol.